The van der Waals surface area contributed by atoms with Crippen molar-refractivity contribution < 1.29 is 19.0 Å². The van der Waals surface area contributed by atoms with Crippen LogP contribution < -0.4 is 4.74 Å². The van der Waals surface area contributed by atoms with Crippen molar-refractivity contribution in [2.24, 2.45) is 4.99 Å². The average Bonchev–Trinajstić information content (AvgIpc) is 3.10. The second-order valence-electron chi connectivity index (χ2n) is 5.20. The van der Waals surface area contributed by atoms with E-state index in [-0.39, 0.29) is 13.2 Å². The van der Waals surface area contributed by atoms with Gasteiger partial charge in [0.15, 0.2) is 6.04 Å². The van der Waals surface area contributed by atoms with E-state index >= 15 is 0 Å². The fourth-order valence-electron chi connectivity index (χ4n) is 2.28. The first-order valence-electron chi connectivity index (χ1n) is 7.42. The van der Waals surface area contributed by atoms with Gasteiger partial charge in [-0.2, -0.15) is 0 Å². The summed E-state index contributed by atoms with van der Waals surface area (Å²) in [7, 11) is 1.54. The lowest BCUT2D eigenvalue weighted by Crippen LogP contribution is -2.22. The summed E-state index contributed by atoms with van der Waals surface area (Å²) in [5.74, 6) is 0.535. The number of methoxy groups -OCH3 is 1. The van der Waals surface area contributed by atoms with E-state index in [1.807, 2.05) is 30.3 Å². The Morgan fingerprint density at radius 1 is 1.29 bits per heavy atom. The second-order valence-corrected chi connectivity index (χ2v) is 5.61. The van der Waals surface area contributed by atoms with Gasteiger partial charge in [0, 0.05) is 5.56 Å². The number of hydrogen-bond acceptors (Lipinski definition) is 5. The van der Waals surface area contributed by atoms with Gasteiger partial charge < -0.3 is 14.2 Å². The van der Waals surface area contributed by atoms with Crippen LogP contribution in [0.1, 0.15) is 11.1 Å². The van der Waals surface area contributed by atoms with Crippen LogP contribution in [0.5, 0.6) is 5.75 Å². The highest BCUT2D eigenvalue weighted by molar-refractivity contribution is 6.32. The maximum atomic E-state index is 12.1. The number of rotatable bonds is 5. The zero-order valence-corrected chi connectivity index (χ0v) is 13.8. The lowest BCUT2D eigenvalue weighted by molar-refractivity contribution is -0.146. The van der Waals surface area contributed by atoms with Gasteiger partial charge in [0.2, 0.25) is 5.90 Å². The molecule has 1 atom stereocenters. The van der Waals surface area contributed by atoms with Crippen LogP contribution in [-0.4, -0.2) is 31.6 Å². The minimum Gasteiger partial charge on any atom is -0.495 e. The second kappa shape index (κ2) is 7.36. The zero-order valence-electron chi connectivity index (χ0n) is 13.1. The van der Waals surface area contributed by atoms with Gasteiger partial charge in [0.1, 0.15) is 19.0 Å². The van der Waals surface area contributed by atoms with Crippen LogP contribution in [0.15, 0.2) is 53.5 Å². The average molecular weight is 346 g/mol. The highest BCUT2D eigenvalue weighted by Gasteiger charge is 2.28. The smallest absolute Gasteiger partial charge is 0.334 e. The molecule has 0 aliphatic carbocycles. The predicted octanol–water partition coefficient (Wildman–Crippen LogP) is 3.24. The summed E-state index contributed by atoms with van der Waals surface area (Å²) >= 11 is 6.10. The lowest BCUT2D eigenvalue weighted by Gasteiger charge is -2.06. The molecule has 24 heavy (non-hydrogen) atoms. The Labute approximate surface area is 144 Å². The molecule has 5 nitrogen and oxygen atoms in total. The normalized spacial score (nSPS) is 16.2. The van der Waals surface area contributed by atoms with Gasteiger partial charge >= 0.3 is 5.97 Å². The Hall–Kier alpha value is -2.53. The molecule has 0 saturated heterocycles. The van der Waals surface area contributed by atoms with Gasteiger partial charge in [0.05, 0.1) is 12.1 Å². The molecule has 2 aromatic carbocycles. The molecule has 1 aliphatic heterocycles. The van der Waals surface area contributed by atoms with E-state index in [0.29, 0.717) is 22.2 Å². The number of esters is 1. The van der Waals surface area contributed by atoms with Gasteiger partial charge in [0.25, 0.3) is 0 Å². The van der Waals surface area contributed by atoms with Crippen molar-refractivity contribution >= 4 is 23.5 Å². The molecule has 0 aromatic heterocycles. The largest absolute Gasteiger partial charge is 0.495 e. The Morgan fingerprint density at radius 2 is 2.08 bits per heavy atom. The molecule has 6 heteroatoms. The molecule has 0 unspecified atom stereocenters. The van der Waals surface area contributed by atoms with Crippen LogP contribution >= 0.6 is 11.6 Å². The van der Waals surface area contributed by atoms with Crippen molar-refractivity contribution in [3.05, 3.63) is 64.7 Å². The summed E-state index contributed by atoms with van der Waals surface area (Å²) in [4.78, 5) is 16.4. The summed E-state index contributed by atoms with van der Waals surface area (Å²) in [6.07, 6.45) is 0. The maximum Gasteiger partial charge on any atom is 0.334 e. The van der Waals surface area contributed by atoms with Gasteiger partial charge in [-0.15, -0.1) is 0 Å². The highest BCUT2D eigenvalue weighted by atomic mass is 35.5. The number of aliphatic imine (C=N–C) groups is 1. The molecule has 0 saturated carbocycles. The number of nitrogens with zero attached hydrogens (tertiary/aromatic N) is 1. The molecule has 2 aromatic rings. The zero-order chi connectivity index (χ0) is 16.9. The van der Waals surface area contributed by atoms with E-state index in [4.69, 9.17) is 25.8 Å². The number of carbonyl (C=O) groups is 1. The summed E-state index contributed by atoms with van der Waals surface area (Å²) in [5, 5.41) is 0.455. The Balaban J connectivity index is 1.64. The highest BCUT2D eigenvalue weighted by Crippen LogP contribution is 2.26. The monoisotopic (exact) mass is 345 g/mol. The Kier molecular flexibility index (Phi) is 5.01. The number of ether oxygens (including phenoxy) is 3. The van der Waals surface area contributed by atoms with Crippen LogP contribution in [0, 0.1) is 0 Å². The molecular weight excluding hydrogens is 330 g/mol. The van der Waals surface area contributed by atoms with Crippen molar-refractivity contribution in [1.29, 1.82) is 0 Å². The van der Waals surface area contributed by atoms with Crippen LogP contribution in [-0.2, 0) is 20.9 Å². The number of carbonyl (C=O) groups excluding carboxylic acids is 1. The van der Waals surface area contributed by atoms with Crippen LogP contribution in [0.25, 0.3) is 0 Å². The molecule has 0 amide bonds. The third-order valence-corrected chi connectivity index (χ3v) is 3.84. The van der Waals surface area contributed by atoms with E-state index in [2.05, 4.69) is 4.99 Å². The number of hydrogen-bond donors (Lipinski definition) is 0. The van der Waals surface area contributed by atoms with Crippen molar-refractivity contribution in [3.63, 3.8) is 0 Å². The van der Waals surface area contributed by atoms with Crippen LogP contribution in [0.3, 0.4) is 0 Å². The first-order chi connectivity index (χ1) is 11.7. The van der Waals surface area contributed by atoms with E-state index in [9.17, 15) is 4.79 Å². The Morgan fingerprint density at radius 3 is 2.79 bits per heavy atom. The SMILES string of the molecule is COc1ccc(C2=N[C@H](C(=O)OCc3ccccc3)CO2)cc1Cl. The maximum absolute atomic E-state index is 12.1. The summed E-state index contributed by atoms with van der Waals surface area (Å²) < 4.78 is 15.9. The fourth-order valence-corrected chi connectivity index (χ4v) is 2.53. The molecule has 0 radical (unpaired) electrons. The molecule has 0 fully saturated rings. The molecular formula is C18H16ClNO4. The number of benzene rings is 2. The molecule has 0 spiro atoms. The van der Waals surface area contributed by atoms with Gasteiger partial charge in [-0.25, -0.2) is 9.79 Å². The van der Waals surface area contributed by atoms with Crippen LogP contribution in [0.4, 0.5) is 0 Å². The van der Waals surface area contributed by atoms with Crippen molar-refractivity contribution in [1.82, 2.24) is 0 Å². The van der Waals surface area contributed by atoms with Crippen LogP contribution in [0.2, 0.25) is 5.02 Å². The summed E-state index contributed by atoms with van der Waals surface area (Å²) in [5.41, 5.74) is 1.62. The molecule has 0 bridgehead atoms. The van der Waals surface area contributed by atoms with Gasteiger partial charge in [-0.05, 0) is 23.8 Å². The quantitative estimate of drug-likeness (QED) is 0.781. The van der Waals surface area contributed by atoms with Crippen molar-refractivity contribution in [3.8, 4) is 5.75 Å². The lowest BCUT2D eigenvalue weighted by atomic mass is 10.2. The topological polar surface area (TPSA) is 57.1 Å². The molecule has 0 N–H and O–H groups in total. The minimum atomic E-state index is -0.662. The van der Waals surface area contributed by atoms with Gasteiger partial charge in [-0.1, -0.05) is 41.9 Å². The summed E-state index contributed by atoms with van der Waals surface area (Å²) in [6, 6.07) is 14.0. The predicted molar refractivity (Wildman–Crippen MR) is 90.5 cm³/mol. The van der Waals surface area contributed by atoms with E-state index < -0.39 is 12.0 Å². The third kappa shape index (κ3) is 3.68. The van der Waals surface area contributed by atoms with E-state index in [0.717, 1.165) is 5.56 Å². The fraction of sp³-hybridized carbons (Fsp3) is 0.222. The molecule has 3 rings (SSSR count). The Bertz CT molecular complexity index is 761. The van der Waals surface area contributed by atoms with Crippen molar-refractivity contribution in [2.45, 2.75) is 12.6 Å². The molecule has 1 heterocycles. The molecule has 1 aliphatic rings. The standard InChI is InChI=1S/C18H16ClNO4/c1-22-16-8-7-13(9-14(16)19)17-20-15(11-23-17)18(21)24-10-12-5-3-2-4-6-12/h2-9,15H,10-11H2,1H3/t15-/m0/s1. The third-order valence-electron chi connectivity index (χ3n) is 3.55. The van der Waals surface area contributed by atoms with E-state index in [1.54, 1.807) is 25.3 Å². The van der Waals surface area contributed by atoms with Gasteiger partial charge in [-0.3, -0.25) is 0 Å². The minimum absolute atomic E-state index is 0.159. The first kappa shape index (κ1) is 16.3. The van der Waals surface area contributed by atoms with E-state index in [1.165, 1.54) is 0 Å². The van der Waals surface area contributed by atoms with Crippen molar-refractivity contribution in [2.75, 3.05) is 13.7 Å². The number of halogens is 1. The summed E-state index contributed by atoms with van der Waals surface area (Å²) in [6.45, 7) is 0.377. The first-order valence-corrected chi connectivity index (χ1v) is 7.80. The molecule has 124 valence electrons.